The van der Waals surface area contributed by atoms with Crippen molar-refractivity contribution >= 4 is 44.8 Å². The zero-order valence-electron chi connectivity index (χ0n) is 20.6. The van der Waals surface area contributed by atoms with E-state index in [1.54, 1.807) is 65.3 Å². The van der Waals surface area contributed by atoms with Crippen LogP contribution in [-0.4, -0.2) is 36.2 Å². The molecule has 8 rings (SSSR count). The van der Waals surface area contributed by atoms with Crippen LogP contribution < -0.4 is 10.5 Å². The fourth-order valence-electron chi connectivity index (χ4n) is 5.58. The first kappa shape index (κ1) is 22.2. The van der Waals surface area contributed by atoms with Crippen molar-refractivity contribution in [3.8, 4) is 22.8 Å². The van der Waals surface area contributed by atoms with Gasteiger partial charge in [0.2, 0.25) is 0 Å². The standard InChI is InChI=1S/C31H16N6O3/c38-29-19-11-10-17-24-18(12-13-20(25(19)24)30(39)36(29)23-9-3-6-16-34-23)31(40)37-27(22-8-2-5-15-33-22)26(35-28(17)37)21-7-1-4-14-32-21/h1-16H. The van der Waals surface area contributed by atoms with Crippen molar-refractivity contribution in [2.75, 3.05) is 4.90 Å². The summed E-state index contributed by atoms with van der Waals surface area (Å²) >= 11 is 0. The number of imidazole rings is 1. The number of aromatic nitrogens is 5. The Morgan fingerprint density at radius 2 is 1.20 bits per heavy atom. The van der Waals surface area contributed by atoms with Crippen LogP contribution >= 0.6 is 0 Å². The lowest BCUT2D eigenvalue weighted by Gasteiger charge is -2.27. The highest BCUT2D eigenvalue weighted by atomic mass is 16.2. The number of pyridine rings is 4. The topological polar surface area (TPSA) is 110 Å². The highest BCUT2D eigenvalue weighted by molar-refractivity contribution is 6.38. The second kappa shape index (κ2) is 8.08. The quantitative estimate of drug-likeness (QED) is 0.309. The summed E-state index contributed by atoms with van der Waals surface area (Å²) in [7, 11) is 0. The van der Waals surface area contributed by atoms with Crippen molar-refractivity contribution in [3.63, 3.8) is 0 Å². The largest absolute Gasteiger partial charge is 0.268 e. The summed E-state index contributed by atoms with van der Waals surface area (Å²) in [6.45, 7) is 0. The molecule has 1 aliphatic rings. The molecule has 0 unspecified atom stereocenters. The molecule has 0 saturated heterocycles. The third-order valence-electron chi connectivity index (χ3n) is 7.27. The third kappa shape index (κ3) is 2.88. The van der Waals surface area contributed by atoms with E-state index in [2.05, 4.69) is 15.0 Å². The molecule has 0 aliphatic carbocycles. The molecule has 40 heavy (non-hydrogen) atoms. The molecule has 0 radical (unpaired) electrons. The van der Waals surface area contributed by atoms with Crippen LogP contribution in [0.25, 0.3) is 50.0 Å². The number of imide groups is 1. The lowest BCUT2D eigenvalue weighted by atomic mass is 9.90. The van der Waals surface area contributed by atoms with Crippen LogP contribution in [0.1, 0.15) is 20.7 Å². The molecule has 6 heterocycles. The Labute approximate surface area is 225 Å². The molecule has 2 amide bonds. The number of amides is 2. The summed E-state index contributed by atoms with van der Waals surface area (Å²) in [5.41, 5.74) is 2.91. The van der Waals surface area contributed by atoms with Crippen molar-refractivity contribution in [1.82, 2.24) is 24.3 Å². The smallest absolute Gasteiger partial charge is 0.267 e. The van der Waals surface area contributed by atoms with Crippen LogP contribution in [0.2, 0.25) is 0 Å². The number of carbonyl (C=O) groups excluding carboxylic acids is 2. The number of fused-ring (bicyclic) bond motifs is 2. The van der Waals surface area contributed by atoms with Crippen molar-refractivity contribution in [2.45, 2.75) is 0 Å². The van der Waals surface area contributed by atoms with Gasteiger partial charge in [-0.2, -0.15) is 0 Å². The van der Waals surface area contributed by atoms with Gasteiger partial charge in [0, 0.05) is 51.3 Å². The number of hydrogen-bond donors (Lipinski definition) is 0. The summed E-state index contributed by atoms with van der Waals surface area (Å²) in [6.07, 6.45) is 4.86. The Hall–Kier alpha value is -5.83. The van der Waals surface area contributed by atoms with Gasteiger partial charge in [-0.1, -0.05) is 18.2 Å². The molecule has 0 atom stereocenters. The molecule has 0 N–H and O–H groups in total. The molecule has 9 heteroatoms. The summed E-state index contributed by atoms with van der Waals surface area (Å²) in [5, 5.41) is 1.98. The second-order valence-electron chi connectivity index (χ2n) is 9.41. The number of rotatable bonds is 3. The van der Waals surface area contributed by atoms with E-state index in [1.165, 1.54) is 6.20 Å². The van der Waals surface area contributed by atoms with E-state index in [9.17, 15) is 14.4 Å². The van der Waals surface area contributed by atoms with Gasteiger partial charge in [-0.15, -0.1) is 0 Å². The van der Waals surface area contributed by atoms with Gasteiger partial charge in [0.15, 0.2) is 0 Å². The minimum atomic E-state index is -0.496. The van der Waals surface area contributed by atoms with Gasteiger partial charge in [0.05, 0.1) is 11.4 Å². The van der Waals surface area contributed by atoms with Gasteiger partial charge in [0.1, 0.15) is 22.9 Å². The van der Waals surface area contributed by atoms with Gasteiger partial charge in [0.25, 0.3) is 17.4 Å². The van der Waals surface area contributed by atoms with E-state index in [-0.39, 0.29) is 11.4 Å². The summed E-state index contributed by atoms with van der Waals surface area (Å²) in [6, 6.07) is 22.7. The zero-order chi connectivity index (χ0) is 27.0. The van der Waals surface area contributed by atoms with E-state index in [1.807, 2.05) is 30.3 Å². The predicted molar refractivity (Wildman–Crippen MR) is 149 cm³/mol. The summed E-state index contributed by atoms with van der Waals surface area (Å²) < 4.78 is 1.55. The first-order valence-electron chi connectivity index (χ1n) is 12.5. The maximum absolute atomic E-state index is 14.2. The highest BCUT2D eigenvalue weighted by Gasteiger charge is 2.36. The van der Waals surface area contributed by atoms with Gasteiger partial charge < -0.3 is 0 Å². The molecular weight excluding hydrogens is 504 g/mol. The van der Waals surface area contributed by atoms with Crippen molar-refractivity contribution in [1.29, 1.82) is 0 Å². The molecule has 5 aromatic heterocycles. The summed E-state index contributed by atoms with van der Waals surface area (Å²) in [5.74, 6) is -0.752. The van der Waals surface area contributed by atoms with Gasteiger partial charge in [-0.25, -0.2) is 14.9 Å². The molecule has 1 aliphatic heterocycles. The number of nitrogens with zero attached hydrogens (tertiary/aromatic N) is 6. The Morgan fingerprint density at radius 1 is 0.575 bits per heavy atom. The van der Waals surface area contributed by atoms with Gasteiger partial charge in [-0.05, 0) is 60.7 Å². The lowest BCUT2D eigenvalue weighted by Crippen LogP contribution is -2.41. The SMILES string of the molecule is O=C1c2ccc3c(=O)n4c(-c5ccccn5)c(-c5ccccn5)nc4c4ccc(c2c34)C(=O)N1c1ccccn1. The van der Waals surface area contributed by atoms with Crippen LogP contribution in [0.3, 0.4) is 0 Å². The number of carbonyl (C=O) groups is 2. The molecule has 7 aromatic rings. The first-order valence-corrected chi connectivity index (χ1v) is 12.5. The number of hydrogen-bond acceptors (Lipinski definition) is 7. The average Bonchev–Trinajstić information content (AvgIpc) is 3.41. The molecule has 188 valence electrons. The predicted octanol–water partition coefficient (Wildman–Crippen LogP) is 4.76. The molecular formula is C31H16N6O3. The Morgan fingerprint density at radius 3 is 1.82 bits per heavy atom. The van der Waals surface area contributed by atoms with E-state index >= 15 is 0 Å². The zero-order valence-corrected chi connectivity index (χ0v) is 20.6. The number of anilines is 1. The number of benzene rings is 2. The fourth-order valence-corrected chi connectivity index (χ4v) is 5.58. The minimum Gasteiger partial charge on any atom is -0.268 e. The van der Waals surface area contributed by atoms with Crippen LogP contribution in [0.15, 0.2) is 102 Å². The maximum Gasteiger partial charge on any atom is 0.267 e. The third-order valence-corrected chi connectivity index (χ3v) is 7.27. The second-order valence-corrected chi connectivity index (χ2v) is 9.41. The van der Waals surface area contributed by atoms with Crippen molar-refractivity contribution in [2.24, 2.45) is 0 Å². The van der Waals surface area contributed by atoms with Crippen LogP contribution in [0.5, 0.6) is 0 Å². The molecule has 0 spiro atoms. The van der Waals surface area contributed by atoms with E-state index < -0.39 is 11.8 Å². The van der Waals surface area contributed by atoms with Crippen LogP contribution in [-0.2, 0) is 0 Å². The minimum absolute atomic E-state index is 0.239. The van der Waals surface area contributed by atoms with Gasteiger partial charge in [-0.3, -0.25) is 28.8 Å². The van der Waals surface area contributed by atoms with E-state index in [0.717, 1.165) is 4.90 Å². The van der Waals surface area contributed by atoms with E-state index in [4.69, 9.17) is 4.98 Å². The van der Waals surface area contributed by atoms with Crippen molar-refractivity contribution in [3.05, 3.63) is 119 Å². The fraction of sp³-hybridized carbons (Fsp3) is 0. The highest BCUT2D eigenvalue weighted by Crippen LogP contribution is 2.39. The van der Waals surface area contributed by atoms with E-state index in [0.29, 0.717) is 61.1 Å². The Balaban J connectivity index is 1.49. The van der Waals surface area contributed by atoms with Gasteiger partial charge >= 0.3 is 0 Å². The average molecular weight is 521 g/mol. The van der Waals surface area contributed by atoms with Crippen molar-refractivity contribution < 1.29 is 9.59 Å². The monoisotopic (exact) mass is 520 g/mol. The maximum atomic E-state index is 14.2. The molecule has 0 saturated carbocycles. The Bertz CT molecular complexity index is 2190. The van der Waals surface area contributed by atoms with Crippen LogP contribution in [0.4, 0.5) is 5.82 Å². The normalized spacial score (nSPS) is 13.2. The Kier molecular flexibility index (Phi) is 4.48. The molecule has 0 fully saturated rings. The first-order chi connectivity index (χ1) is 19.6. The molecule has 9 nitrogen and oxygen atoms in total. The molecule has 0 bridgehead atoms. The lowest BCUT2D eigenvalue weighted by molar-refractivity contribution is 0.0892. The molecule has 2 aromatic carbocycles. The van der Waals surface area contributed by atoms with Crippen LogP contribution in [0, 0.1) is 0 Å². The summed E-state index contributed by atoms with van der Waals surface area (Å²) in [4.78, 5) is 60.7.